The van der Waals surface area contributed by atoms with Crippen LogP contribution in [-0.2, 0) is 14.3 Å². The fourth-order valence-corrected chi connectivity index (χ4v) is 7.85. The summed E-state index contributed by atoms with van der Waals surface area (Å²) in [6.45, 7) is 7.00. The molecule has 50 heavy (non-hydrogen) atoms. The van der Waals surface area contributed by atoms with Gasteiger partial charge in [-0.05, 0) is 52.8 Å². The maximum atomic E-state index is 14.4. The molecule has 0 radical (unpaired) electrons. The van der Waals surface area contributed by atoms with Crippen molar-refractivity contribution in [2.75, 3.05) is 50.1 Å². The summed E-state index contributed by atoms with van der Waals surface area (Å²) in [4.78, 5) is 47.3. The van der Waals surface area contributed by atoms with Crippen molar-refractivity contribution in [1.29, 1.82) is 0 Å². The molecule has 2 heterocycles. The lowest BCUT2D eigenvalue weighted by Crippen LogP contribution is -2.52. The summed E-state index contributed by atoms with van der Waals surface area (Å²) < 4.78 is 4.95. The highest BCUT2D eigenvalue weighted by molar-refractivity contribution is 6.02. The predicted octanol–water partition coefficient (Wildman–Crippen LogP) is 7.02. The molecule has 1 aliphatic carbocycles. The smallest absolute Gasteiger partial charge is 0.337 e. The van der Waals surface area contributed by atoms with Crippen molar-refractivity contribution in [3.05, 3.63) is 143 Å². The molecule has 8 heteroatoms. The highest BCUT2D eigenvalue weighted by Gasteiger charge is 2.42. The first-order valence-electron chi connectivity index (χ1n) is 17.4. The Hall–Kier alpha value is -5.21. The standard InChI is InChI=1S/C42H44N4O4/c1-42(2)26-34-38(36(47)27-42)40(31-18-20-32(21-19-31)41(49)50-3)46(35-17-11-10-16-33(35)43-34)28-37(48)44-22-24-45(25-23-44)39(29-12-6-4-7-13-29)30-14-8-5-9-15-30/h4-21,39-40,43H,22-28H2,1-3H3. The molecule has 2 aliphatic heterocycles. The number of methoxy groups -OCH3 is 1. The number of esters is 1. The minimum Gasteiger partial charge on any atom is -0.465 e. The van der Waals surface area contributed by atoms with E-state index in [2.05, 4.69) is 77.5 Å². The van der Waals surface area contributed by atoms with Crippen LogP contribution < -0.4 is 10.2 Å². The van der Waals surface area contributed by atoms with E-state index in [-0.39, 0.29) is 29.7 Å². The highest BCUT2D eigenvalue weighted by atomic mass is 16.5. The van der Waals surface area contributed by atoms with Crippen molar-refractivity contribution in [2.45, 2.75) is 38.8 Å². The van der Waals surface area contributed by atoms with Crippen LogP contribution in [0.1, 0.15) is 65.8 Å². The fourth-order valence-electron chi connectivity index (χ4n) is 7.85. The molecule has 3 aliphatic rings. The molecular weight excluding hydrogens is 624 g/mol. The van der Waals surface area contributed by atoms with Gasteiger partial charge < -0.3 is 19.9 Å². The quantitative estimate of drug-likeness (QED) is 0.212. The summed E-state index contributed by atoms with van der Waals surface area (Å²) in [6, 6.07) is 35.9. The van der Waals surface area contributed by atoms with Gasteiger partial charge in [0, 0.05) is 43.9 Å². The zero-order chi connectivity index (χ0) is 34.8. The number of amides is 1. The topological polar surface area (TPSA) is 82.2 Å². The summed E-state index contributed by atoms with van der Waals surface area (Å²) in [6.07, 6.45) is 1.11. The van der Waals surface area contributed by atoms with E-state index in [4.69, 9.17) is 4.74 Å². The normalized spacial score (nSPS) is 19.0. The van der Waals surface area contributed by atoms with Gasteiger partial charge in [0.05, 0.1) is 42.7 Å². The van der Waals surface area contributed by atoms with Crippen LogP contribution in [-0.4, -0.2) is 67.3 Å². The molecule has 0 bridgehead atoms. The minimum absolute atomic E-state index is 0.0132. The van der Waals surface area contributed by atoms with E-state index in [0.29, 0.717) is 37.1 Å². The molecule has 1 unspecified atom stereocenters. The third kappa shape index (κ3) is 6.68. The number of nitrogens with one attached hydrogen (secondary N) is 1. The third-order valence-corrected chi connectivity index (χ3v) is 10.2. The van der Waals surface area contributed by atoms with Crippen LogP contribution in [0.5, 0.6) is 0 Å². The zero-order valence-corrected chi connectivity index (χ0v) is 29.0. The maximum absolute atomic E-state index is 14.4. The first-order valence-corrected chi connectivity index (χ1v) is 17.4. The molecule has 4 aromatic carbocycles. The minimum atomic E-state index is -0.526. The van der Waals surface area contributed by atoms with Gasteiger partial charge in [0.1, 0.15) is 0 Å². The van der Waals surface area contributed by atoms with Crippen molar-refractivity contribution in [2.24, 2.45) is 5.41 Å². The van der Waals surface area contributed by atoms with Gasteiger partial charge >= 0.3 is 5.97 Å². The Morgan fingerprint density at radius 3 is 2.02 bits per heavy atom. The number of ether oxygens (including phenoxy) is 1. The Morgan fingerprint density at radius 2 is 1.40 bits per heavy atom. The van der Waals surface area contributed by atoms with Crippen molar-refractivity contribution in [3.8, 4) is 0 Å². The molecule has 7 rings (SSSR count). The van der Waals surface area contributed by atoms with Gasteiger partial charge in [0.2, 0.25) is 5.91 Å². The average Bonchev–Trinajstić information content (AvgIpc) is 3.26. The lowest BCUT2D eigenvalue weighted by molar-refractivity contribution is -0.131. The van der Waals surface area contributed by atoms with E-state index >= 15 is 0 Å². The van der Waals surface area contributed by atoms with Gasteiger partial charge in [-0.3, -0.25) is 14.5 Å². The van der Waals surface area contributed by atoms with E-state index < -0.39 is 12.0 Å². The number of benzene rings is 4. The van der Waals surface area contributed by atoms with Crippen LogP contribution in [0.25, 0.3) is 0 Å². The Balaban J connectivity index is 1.20. The molecule has 1 fully saturated rings. The van der Waals surface area contributed by atoms with E-state index in [1.165, 1.54) is 18.2 Å². The largest absolute Gasteiger partial charge is 0.465 e. The van der Waals surface area contributed by atoms with Crippen molar-refractivity contribution < 1.29 is 19.1 Å². The Kier molecular flexibility index (Phi) is 9.29. The predicted molar refractivity (Wildman–Crippen MR) is 196 cm³/mol. The molecular formula is C42H44N4O4. The number of fused-ring (bicyclic) bond motifs is 1. The molecule has 256 valence electrons. The van der Waals surface area contributed by atoms with Gasteiger partial charge in [0.15, 0.2) is 5.78 Å². The van der Waals surface area contributed by atoms with Gasteiger partial charge in [-0.2, -0.15) is 0 Å². The van der Waals surface area contributed by atoms with Crippen LogP contribution in [0.3, 0.4) is 0 Å². The van der Waals surface area contributed by atoms with Crippen molar-refractivity contribution in [1.82, 2.24) is 9.80 Å². The first-order chi connectivity index (χ1) is 24.2. The van der Waals surface area contributed by atoms with Crippen molar-refractivity contribution in [3.63, 3.8) is 0 Å². The Bertz CT molecular complexity index is 1860. The SMILES string of the molecule is COC(=O)c1ccc(C2C3=C(CC(C)(C)CC3=O)Nc3ccccc3N2CC(=O)N2CCN(C(c3ccccc3)c3ccccc3)CC2)cc1. The van der Waals surface area contributed by atoms with Crippen LogP contribution in [0.2, 0.25) is 0 Å². The number of carbonyl (C=O) groups excluding carboxylic acids is 3. The summed E-state index contributed by atoms with van der Waals surface area (Å²) >= 11 is 0. The lowest BCUT2D eigenvalue weighted by atomic mass is 9.73. The molecule has 1 saturated heterocycles. The van der Waals surface area contributed by atoms with E-state index in [9.17, 15) is 14.4 Å². The second-order valence-corrected chi connectivity index (χ2v) is 14.3. The summed E-state index contributed by atoms with van der Waals surface area (Å²) in [7, 11) is 1.36. The second-order valence-electron chi connectivity index (χ2n) is 14.3. The monoisotopic (exact) mass is 668 g/mol. The number of piperazine rings is 1. The molecule has 0 spiro atoms. The summed E-state index contributed by atoms with van der Waals surface area (Å²) in [5.74, 6) is -0.343. The van der Waals surface area contributed by atoms with Crippen LogP contribution in [0, 0.1) is 5.41 Å². The zero-order valence-electron chi connectivity index (χ0n) is 29.0. The maximum Gasteiger partial charge on any atom is 0.337 e. The van der Waals surface area contributed by atoms with Gasteiger partial charge in [0.25, 0.3) is 0 Å². The van der Waals surface area contributed by atoms with E-state index in [0.717, 1.165) is 35.7 Å². The molecule has 1 amide bonds. The summed E-state index contributed by atoms with van der Waals surface area (Å²) in [5.41, 5.74) is 6.81. The fraction of sp³-hybridized carbons (Fsp3) is 0.310. The van der Waals surface area contributed by atoms with Crippen LogP contribution in [0.4, 0.5) is 11.4 Å². The second kappa shape index (κ2) is 14.0. The van der Waals surface area contributed by atoms with Crippen molar-refractivity contribution >= 4 is 29.0 Å². The first kappa shape index (κ1) is 33.3. The molecule has 0 aromatic heterocycles. The number of Topliss-reactive ketones (excluding diaryl/α,β-unsaturated/α-hetero) is 1. The number of rotatable bonds is 7. The molecule has 4 aromatic rings. The number of nitrogens with zero attached hydrogens (tertiary/aromatic N) is 3. The molecule has 1 N–H and O–H groups in total. The van der Waals surface area contributed by atoms with Crippen LogP contribution in [0.15, 0.2) is 120 Å². The number of carbonyl (C=O) groups is 3. The highest BCUT2D eigenvalue weighted by Crippen LogP contribution is 2.48. The number of ketones is 1. The molecule has 1 atom stereocenters. The third-order valence-electron chi connectivity index (χ3n) is 10.2. The van der Waals surface area contributed by atoms with Gasteiger partial charge in [-0.15, -0.1) is 0 Å². The Labute approximate surface area is 294 Å². The van der Waals surface area contributed by atoms with Crippen LogP contribution >= 0.6 is 0 Å². The number of allylic oxidation sites excluding steroid dienone is 1. The molecule has 0 saturated carbocycles. The molecule has 8 nitrogen and oxygen atoms in total. The van der Waals surface area contributed by atoms with E-state index in [1.54, 1.807) is 12.1 Å². The number of hydrogen-bond acceptors (Lipinski definition) is 7. The number of anilines is 2. The lowest BCUT2D eigenvalue weighted by Gasteiger charge is -2.41. The van der Waals surface area contributed by atoms with Gasteiger partial charge in [-0.25, -0.2) is 4.79 Å². The number of hydrogen-bond donors (Lipinski definition) is 1. The number of para-hydroxylation sites is 2. The average molecular weight is 669 g/mol. The summed E-state index contributed by atoms with van der Waals surface area (Å²) in [5, 5.41) is 3.63. The van der Waals surface area contributed by atoms with Gasteiger partial charge in [-0.1, -0.05) is 98.8 Å². The Morgan fingerprint density at radius 1 is 0.800 bits per heavy atom. The van der Waals surface area contributed by atoms with E-state index in [1.807, 2.05) is 53.4 Å².